The summed E-state index contributed by atoms with van der Waals surface area (Å²) in [5.74, 6) is 0.507. The maximum atomic E-state index is 13.7. The summed E-state index contributed by atoms with van der Waals surface area (Å²) in [6, 6.07) is 14.4. The first-order valence-electron chi connectivity index (χ1n) is 6.56. The molecule has 0 fully saturated rings. The van der Waals surface area contributed by atoms with Crippen LogP contribution in [0.15, 0.2) is 53.4 Å². The Morgan fingerprint density at radius 3 is 2.65 bits per heavy atom. The maximum Gasteiger partial charge on any atom is 0.131 e. The van der Waals surface area contributed by atoms with Crippen LogP contribution in [0.1, 0.15) is 18.5 Å². The van der Waals surface area contributed by atoms with Crippen molar-refractivity contribution in [3.8, 4) is 5.75 Å². The van der Waals surface area contributed by atoms with E-state index in [2.05, 4.69) is 17.4 Å². The molecule has 1 unspecified atom stereocenters. The first-order chi connectivity index (χ1) is 9.66. The minimum absolute atomic E-state index is 0.0434. The summed E-state index contributed by atoms with van der Waals surface area (Å²) in [6.45, 7) is 2.71. The van der Waals surface area contributed by atoms with Crippen molar-refractivity contribution in [2.75, 3.05) is 12.3 Å². The highest BCUT2D eigenvalue weighted by Crippen LogP contribution is 2.21. The second-order valence-corrected chi connectivity index (χ2v) is 5.71. The first kappa shape index (κ1) is 14.9. The number of halogens is 1. The Morgan fingerprint density at radius 2 is 1.95 bits per heavy atom. The lowest BCUT2D eigenvalue weighted by Crippen LogP contribution is -2.22. The molecule has 0 radical (unpaired) electrons. The molecule has 0 saturated carbocycles. The Labute approximate surface area is 123 Å². The normalized spacial score (nSPS) is 12.3. The van der Waals surface area contributed by atoms with Crippen LogP contribution >= 0.6 is 11.8 Å². The number of rotatable bonds is 6. The van der Waals surface area contributed by atoms with Crippen LogP contribution in [-0.2, 0) is 0 Å². The highest BCUT2D eigenvalue weighted by atomic mass is 32.2. The van der Waals surface area contributed by atoms with Gasteiger partial charge in [-0.05, 0) is 25.1 Å². The first-order valence-corrected chi connectivity index (χ1v) is 7.55. The van der Waals surface area contributed by atoms with Gasteiger partial charge in [0.2, 0.25) is 0 Å². The molecule has 0 aliphatic carbocycles. The number of benzene rings is 2. The van der Waals surface area contributed by atoms with Crippen molar-refractivity contribution in [1.29, 1.82) is 0 Å². The van der Waals surface area contributed by atoms with E-state index in [-0.39, 0.29) is 17.6 Å². The van der Waals surface area contributed by atoms with Crippen molar-refractivity contribution < 1.29 is 9.50 Å². The molecule has 0 heterocycles. The summed E-state index contributed by atoms with van der Waals surface area (Å²) < 4.78 is 13.7. The molecule has 20 heavy (non-hydrogen) atoms. The molecule has 0 aromatic heterocycles. The van der Waals surface area contributed by atoms with Crippen LogP contribution < -0.4 is 5.32 Å². The van der Waals surface area contributed by atoms with Gasteiger partial charge in [-0.1, -0.05) is 24.3 Å². The van der Waals surface area contributed by atoms with Gasteiger partial charge >= 0.3 is 0 Å². The Kier molecular flexibility index (Phi) is 5.44. The molecule has 0 saturated heterocycles. The van der Waals surface area contributed by atoms with Crippen LogP contribution in [0.3, 0.4) is 0 Å². The highest BCUT2D eigenvalue weighted by molar-refractivity contribution is 7.99. The Morgan fingerprint density at radius 1 is 1.20 bits per heavy atom. The minimum Gasteiger partial charge on any atom is -0.508 e. The molecule has 106 valence electrons. The Hall–Kier alpha value is -1.52. The number of hydrogen-bond acceptors (Lipinski definition) is 3. The van der Waals surface area contributed by atoms with E-state index in [0.29, 0.717) is 5.56 Å². The van der Waals surface area contributed by atoms with E-state index in [9.17, 15) is 9.50 Å². The third-order valence-corrected chi connectivity index (χ3v) is 4.03. The lowest BCUT2D eigenvalue weighted by molar-refractivity contribution is 0.464. The minimum atomic E-state index is -0.374. The molecule has 1 atom stereocenters. The molecule has 0 aliphatic rings. The molecule has 2 aromatic rings. The summed E-state index contributed by atoms with van der Waals surface area (Å²) in [6.07, 6.45) is 0. The standard InChI is InChI=1S/C16H18FNOS/c1-12(15-8-7-13(19)11-16(15)17)18-9-10-20-14-5-3-2-4-6-14/h2-8,11-12,18-19H,9-10H2,1H3. The van der Waals surface area contributed by atoms with Crippen molar-refractivity contribution in [3.63, 3.8) is 0 Å². The summed E-state index contributed by atoms with van der Waals surface area (Å²) in [4.78, 5) is 1.23. The van der Waals surface area contributed by atoms with Crippen LogP contribution in [0.5, 0.6) is 5.75 Å². The average molecular weight is 291 g/mol. The Balaban J connectivity index is 1.79. The van der Waals surface area contributed by atoms with Gasteiger partial charge in [0.25, 0.3) is 0 Å². The lowest BCUT2D eigenvalue weighted by Gasteiger charge is -2.15. The number of thioether (sulfide) groups is 1. The third-order valence-electron chi connectivity index (χ3n) is 3.02. The molecule has 0 spiro atoms. The topological polar surface area (TPSA) is 32.3 Å². The van der Waals surface area contributed by atoms with E-state index in [4.69, 9.17) is 0 Å². The van der Waals surface area contributed by atoms with Crippen molar-refractivity contribution >= 4 is 11.8 Å². The monoisotopic (exact) mass is 291 g/mol. The summed E-state index contributed by atoms with van der Waals surface area (Å²) in [5, 5.41) is 12.5. The van der Waals surface area contributed by atoms with Gasteiger partial charge in [-0.2, -0.15) is 0 Å². The van der Waals surface area contributed by atoms with Gasteiger partial charge < -0.3 is 10.4 Å². The van der Waals surface area contributed by atoms with E-state index < -0.39 is 0 Å². The van der Waals surface area contributed by atoms with Crippen molar-refractivity contribution in [1.82, 2.24) is 5.32 Å². The average Bonchev–Trinajstić information content (AvgIpc) is 2.44. The zero-order valence-corrected chi connectivity index (χ0v) is 12.2. The van der Waals surface area contributed by atoms with E-state index in [0.717, 1.165) is 18.4 Å². The molecule has 0 amide bonds. The zero-order chi connectivity index (χ0) is 14.4. The van der Waals surface area contributed by atoms with E-state index in [1.807, 2.05) is 25.1 Å². The highest BCUT2D eigenvalue weighted by Gasteiger charge is 2.10. The van der Waals surface area contributed by atoms with Gasteiger partial charge in [0.15, 0.2) is 0 Å². The number of phenols is 1. The van der Waals surface area contributed by atoms with Gasteiger partial charge in [-0.25, -0.2) is 4.39 Å². The number of phenolic OH excluding ortho intramolecular Hbond substituents is 1. The van der Waals surface area contributed by atoms with Gasteiger partial charge in [0.1, 0.15) is 11.6 Å². The quantitative estimate of drug-likeness (QED) is 0.624. The molecule has 2 aromatic carbocycles. The number of nitrogens with one attached hydrogen (secondary N) is 1. The molecule has 0 aliphatic heterocycles. The Bertz CT molecular complexity index is 547. The van der Waals surface area contributed by atoms with E-state index >= 15 is 0 Å². The van der Waals surface area contributed by atoms with Crippen molar-refractivity contribution in [2.45, 2.75) is 17.9 Å². The van der Waals surface area contributed by atoms with Gasteiger partial charge in [-0.15, -0.1) is 11.8 Å². The largest absolute Gasteiger partial charge is 0.508 e. The van der Waals surface area contributed by atoms with E-state index in [1.165, 1.54) is 11.0 Å². The van der Waals surface area contributed by atoms with Crippen LogP contribution in [-0.4, -0.2) is 17.4 Å². The predicted octanol–water partition coefficient (Wildman–Crippen LogP) is 3.97. The maximum absolute atomic E-state index is 13.7. The molecular weight excluding hydrogens is 273 g/mol. The molecule has 2 N–H and O–H groups in total. The smallest absolute Gasteiger partial charge is 0.131 e. The van der Waals surface area contributed by atoms with Crippen molar-refractivity contribution in [2.24, 2.45) is 0 Å². The second kappa shape index (κ2) is 7.31. The molecule has 0 bridgehead atoms. The molecule has 2 nitrogen and oxygen atoms in total. The van der Waals surface area contributed by atoms with Crippen LogP contribution in [0.4, 0.5) is 4.39 Å². The van der Waals surface area contributed by atoms with Gasteiger partial charge in [-0.3, -0.25) is 0 Å². The molecular formula is C16H18FNOS. The predicted molar refractivity (Wildman–Crippen MR) is 81.6 cm³/mol. The summed E-state index contributed by atoms with van der Waals surface area (Å²) in [7, 11) is 0. The van der Waals surface area contributed by atoms with Crippen molar-refractivity contribution in [3.05, 3.63) is 59.9 Å². The van der Waals surface area contributed by atoms with Gasteiger partial charge in [0, 0.05) is 34.9 Å². The lowest BCUT2D eigenvalue weighted by atomic mass is 10.1. The van der Waals surface area contributed by atoms with Crippen LogP contribution in [0, 0.1) is 5.82 Å². The summed E-state index contributed by atoms with van der Waals surface area (Å²) >= 11 is 1.77. The molecule has 4 heteroatoms. The summed E-state index contributed by atoms with van der Waals surface area (Å²) in [5.41, 5.74) is 0.576. The zero-order valence-electron chi connectivity index (χ0n) is 11.3. The third kappa shape index (κ3) is 4.25. The second-order valence-electron chi connectivity index (χ2n) is 4.54. The fourth-order valence-electron chi connectivity index (χ4n) is 1.94. The van der Waals surface area contributed by atoms with E-state index in [1.54, 1.807) is 17.8 Å². The SMILES string of the molecule is CC(NCCSc1ccccc1)c1ccc(O)cc1F. The fraction of sp³-hybridized carbons (Fsp3) is 0.250. The number of hydrogen-bond donors (Lipinski definition) is 2. The number of aromatic hydroxyl groups is 1. The van der Waals surface area contributed by atoms with Gasteiger partial charge in [0.05, 0.1) is 0 Å². The van der Waals surface area contributed by atoms with Crippen LogP contribution in [0.25, 0.3) is 0 Å². The van der Waals surface area contributed by atoms with Crippen LogP contribution in [0.2, 0.25) is 0 Å². The molecule has 2 rings (SSSR count). The fourth-order valence-corrected chi connectivity index (χ4v) is 2.74.